The zero-order chi connectivity index (χ0) is 13.8. The highest BCUT2D eigenvalue weighted by atomic mass is 35.5. The molecule has 0 fully saturated rings. The van der Waals surface area contributed by atoms with Crippen LogP contribution in [0.25, 0.3) is 10.9 Å². The zero-order valence-electron chi connectivity index (χ0n) is 11.2. The van der Waals surface area contributed by atoms with E-state index in [9.17, 15) is 9.90 Å². The smallest absolute Gasteiger partial charge is 0.248 e. The first-order valence-electron chi connectivity index (χ1n) is 6.30. The second kappa shape index (κ2) is 7.28. The molecule has 0 spiro atoms. The molecule has 4 N–H and O–H groups in total. The van der Waals surface area contributed by atoms with Gasteiger partial charge in [0, 0.05) is 18.0 Å². The van der Waals surface area contributed by atoms with Gasteiger partial charge in [-0.15, -0.1) is 12.4 Å². The second-order valence-electron chi connectivity index (χ2n) is 4.66. The van der Waals surface area contributed by atoms with Gasteiger partial charge in [-0.05, 0) is 37.6 Å². The molecule has 0 aliphatic heterocycles. The van der Waals surface area contributed by atoms with Gasteiger partial charge in [-0.1, -0.05) is 6.07 Å². The summed E-state index contributed by atoms with van der Waals surface area (Å²) in [6.45, 7) is 3.00. The number of H-pyrrole nitrogens is 1. The van der Waals surface area contributed by atoms with Crippen molar-refractivity contribution in [3.63, 3.8) is 0 Å². The van der Waals surface area contributed by atoms with Gasteiger partial charge in [0.2, 0.25) is 5.56 Å². The average molecular weight is 299 g/mol. The fourth-order valence-corrected chi connectivity index (χ4v) is 2.05. The first-order chi connectivity index (χ1) is 9.08. The highest BCUT2D eigenvalue weighted by molar-refractivity contribution is 5.87. The minimum Gasteiger partial charge on any atom is -0.506 e. The fourth-order valence-electron chi connectivity index (χ4n) is 2.05. The summed E-state index contributed by atoms with van der Waals surface area (Å²) in [6, 6.07) is 6.61. The van der Waals surface area contributed by atoms with Crippen molar-refractivity contribution in [1.82, 2.24) is 10.3 Å². The van der Waals surface area contributed by atoms with Gasteiger partial charge in [0.1, 0.15) is 5.75 Å². The highest BCUT2D eigenvalue weighted by Crippen LogP contribution is 2.24. The number of phenols is 1. The number of aromatic hydroxyl groups is 1. The lowest BCUT2D eigenvalue weighted by atomic mass is 10.0. The molecule has 110 valence electrons. The normalized spacial score (nSPS) is 12.1. The molecule has 0 saturated carbocycles. The summed E-state index contributed by atoms with van der Waals surface area (Å²) in [6.07, 6.45) is 0.392. The van der Waals surface area contributed by atoms with Crippen LogP contribution in [0.15, 0.2) is 29.1 Å². The fraction of sp³-hybridized carbons (Fsp3) is 0.357. The van der Waals surface area contributed by atoms with Gasteiger partial charge in [0.15, 0.2) is 0 Å². The Morgan fingerprint density at radius 3 is 2.75 bits per heavy atom. The van der Waals surface area contributed by atoms with Crippen molar-refractivity contribution >= 4 is 23.3 Å². The number of aromatic nitrogens is 1. The Bertz CT molecular complexity index is 625. The summed E-state index contributed by atoms with van der Waals surface area (Å²) in [5.41, 5.74) is 1.29. The monoisotopic (exact) mass is 298 g/mol. The van der Waals surface area contributed by atoms with Gasteiger partial charge in [-0.25, -0.2) is 0 Å². The second-order valence-corrected chi connectivity index (χ2v) is 4.66. The van der Waals surface area contributed by atoms with Crippen molar-refractivity contribution in [3.05, 3.63) is 40.2 Å². The Labute approximate surface area is 123 Å². The summed E-state index contributed by atoms with van der Waals surface area (Å²) < 4.78 is 0. The van der Waals surface area contributed by atoms with Crippen LogP contribution in [0.4, 0.5) is 0 Å². The molecule has 1 aromatic heterocycles. The Balaban J connectivity index is 0.00000200. The maximum absolute atomic E-state index is 11.3. The molecule has 1 heterocycles. The molecular formula is C14H19ClN2O3. The lowest BCUT2D eigenvalue weighted by Crippen LogP contribution is -2.26. The summed E-state index contributed by atoms with van der Waals surface area (Å²) in [5, 5.41) is 22.9. The van der Waals surface area contributed by atoms with E-state index in [0.29, 0.717) is 12.1 Å². The molecule has 20 heavy (non-hydrogen) atoms. The van der Waals surface area contributed by atoms with Crippen LogP contribution in [0.3, 0.4) is 0 Å². The molecule has 0 radical (unpaired) electrons. The first kappa shape index (κ1) is 16.5. The molecule has 1 aromatic carbocycles. The van der Waals surface area contributed by atoms with Crippen LogP contribution in [0.1, 0.15) is 12.5 Å². The third-order valence-electron chi connectivity index (χ3n) is 2.97. The quantitative estimate of drug-likeness (QED) is 0.624. The van der Waals surface area contributed by atoms with E-state index in [4.69, 9.17) is 5.11 Å². The number of phenolic OH excluding ortho intramolecular Hbond substituents is 1. The molecule has 0 aliphatic carbocycles. The zero-order valence-corrected chi connectivity index (χ0v) is 12.0. The minimum absolute atomic E-state index is 0. The molecule has 2 rings (SSSR count). The van der Waals surface area contributed by atoms with Crippen molar-refractivity contribution in [3.8, 4) is 5.75 Å². The van der Waals surface area contributed by atoms with Gasteiger partial charge < -0.3 is 20.5 Å². The molecule has 6 heteroatoms. The van der Waals surface area contributed by atoms with Crippen LogP contribution < -0.4 is 10.9 Å². The maximum Gasteiger partial charge on any atom is 0.248 e. The summed E-state index contributed by atoms with van der Waals surface area (Å²) in [4.78, 5) is 13.9. The number of halogens is 1. The third-order valence-corrected chi connectivity index (χ3v) is 2.97. The van der Waals surface area contributed by atoms with Crippen molar-refractivity contribution in [2.24, 2.45) is 0 Å². The summed E-state index contributed by atoms with van der Waals surface area (Å²) in [5.74, 6) is 0.0772. The Kier molecular flexibility index (Phi) is 6.01. The van der Waals surface area contributed by atoms with Crippen molar-refractivity contribution in [2.45, 2.75) is 19.4 Å². The molecule has 2 aromatic rings. The van der Waals surface area contributed by atoms with E-state index < -0.39 is 0 Å². The number of nitrogens with one attached hydrogen (secondary N) is 2. The third kappa shape index (κ3) is 3.96. The standard InChI is InChI=1S/C14H18N2O3.ClH/c1-9(17)8-15-7-6-10-2-4-12(18)14-11(10)3-5-13(19)16-14;/h2-5,9,15,17-18H,6-8H2,1H3,(H,16,19);1H. The highest BCUT2D eigenvalue weighted by Gasteiger charge is 2.06. The van der Waals surface area contributed by atoms with Crippen molar-refractivity contribution in [1.29, 1.82) is 0 Å². The molecule has 0 saturated heterocycles. The van der Waals surface area contributed by atoms with E-state index in [1.807, 2.05) is 6.07 Å². The Morgan fingerprint density at radius 2 is 2.05 bits per heavy atom. The van der Waals surface area contributed by atoms with Crippen LogP contribution in [0, 0.1) is 0 Å². The van der Waals surface area contributed by atoms with E-state index in [1.165, 1.54) is 6.07 Å². The van der Waals surface area contributed by atoms with E-state index >= 15 is 0 Å². The number of benzene rings is 1. The predicted molar refractivity (Wildman–Crippen MR) is 81.7 cm³/mol. The van der Waals surface area contributed by atoms with Crippen LogP contribution in [0.5, 0.6) is 5.75 Å². The number of hydrogen-bond donors (Lipinski definition) is 4. The van der Waals surface area contributed by atoms with Crippen LogP contribution in [-0.4, -0.2) is 34.4 Å². The largest absolute Gasteiger partial charge is 0.506 e. The summed E-state index contributed by atoms with van der Waals surface area (Å²) in [7, 11) is 0. The molecule has 1 atom stereocenters. The van der Waals surface area contributed by atoms with E-state index in [1.54, 1.807) is 19.1 Å². The number of hydrogen-bond acceptors (Lipinski definition) is 4. The van der Waals surface area contributed by atoms with Gasteiger partial charge in [0.25, 0.3) is 0 Å². The van der Waals surface area contributed by atoms with Crippen LogP contribution in [0.2, 0.25) is 0 Å². The number of aliphatic hydroxyl groups is 1. The molecular weight excluding hydrogens is 280 g/mol. The molecule has 0 amide bonds. The Hall–Kier alpha value is -1.56. The number of rotatable bonds is 5. The molecule has 0 bridgehead atoms. The lowest BCUT2D eigenvalue weighted by molar-refractivity contribution is 0.191. The van der Waals surface area contributed by atoms with E-state index in [2.05, 4.69) is 10.3 Å². The predicted octanol–water partition coefficient (Wildman–Crippen LogP) is 1.17. The Morgan fingerprint density at radius 1 is 1.30 bits per heavy atom. The minimum atomic E-state index is -0.368. The van der Waals surface area contributed by atoms with Gasteiger partial charge in [0.05, 0.1) is 11.6 Å². The topological polar surface area (TPSA) is 85.3 Å². The lowest BCUT2D eigenvalue weighted by Gasteiger charge is -2.09. The first-order valence-corrected chi connectivity index (χ1v) is 6.30. The molecule has 0 aliphatic rings. The van der Waals surface area contributed by atoms with Crippen LogP contribution >= 0.6 is 12.4 Å². The van der Waals surface area contributed by atoms with Gasteiger partial charge in [-0.3, -0.25) is 4.79 Å². The van der Waals surface area contributed by atoms with Gasteiger partial charge >= 0.3 is 0 Å². The molecule has 5 nitrogen and oxygen atoms in total. The number of fused-ring (bicyclic) bond motifs is 1. The maximum atomic E-state index is 11.3. The SMILES string of the molecule is CC(O)CNCCc1ccc(O)c2[nH]c(=O)ccc12.Cl. The average Bonchev–Trinajstić information content (AvgIpc) is 2.37. The van der Waals surface area contributed by atoms with Crippen LogP contribution in [-0.2, 0) is 6.42 Å². The summed E-state index contributed by atoms with van der Waals surface area (Å²) >= 11 is 0. The number of pyridine rings is 1. The van der Waals surface area contributed by atoms with Gasteiger partial charge in [-0.2, -0.15) is 0 Å². The van der Waals surface area contributed by atoms with Crippen molar-refractivity contribution in [2.75, 3.05) is 13.1 Å². The number of aromatic amines is 1. The molecule has 1 unspecified atom stereocenters. The van der Waals surface area contributed by atoms with E-state index in [-0.39, 0.29) is 29.8 Å². The van der Waals surface area contributed by atoms with E-state index in [0.717, 1.165) is 23.9 Å². The number of aliphatic hydroxyl groups excluding tert-OH is 1. The van der Waals surface area contributed by atoms with Crippen molar-refractivity contribution < 1.29 is 10.2 Å².